The number of amides is 2. The molecule has 0 spiro atoms. The van der Waals surface area contributed by atoms with Gasteiger partial charge in [-0.2, -0.15) is 0 Å². The number of likely N-dealkylation sites (tertiary alicyclic amines) is 2. The molecule has 0 saturated carbocycles. The Kier molecular flexibility index (Phi) is 27.5. The van der Waals surface area contributed by atoms with Crippen molar-refractivity contribution in [3.05, 3.63) is 148 Å². The van der Waals surface area contributed by atoms with Crippen molar-refractivity contribution >= 4 is 23.5 Å². The Balaban J connectivity index is 0.000000268. The maximum Gasteiger partial charge on any atom is 0.337 e. The molecule has 2 amide bonds. The van der Waals surface area contributed by atoms with Crippen molar-refractivity contribution in [1.29, 1.82) is 0 Å². The average molecular weight is 1080 g/mol. The molecule has 0 aliphatic carbocycles. The van der Waals surface area contributed by atoms with Gasteiger partial charge in [0.05, 0.1) is 24.1 Å². The molecule has 5 aromatic rings. The minimum atomic E-state index is -0.345. The Morgan fingerprint density at radius 1 is 0.620 bits per heavy atom. The molecule has 79 heavy (non-hydrogen) atoms. The first-order chi connectivity index (χ1) is 38.1. The minimum absolute atomic E-state index is 0.0905. The van der Waals surface area contributed by atoms with Crippen molar-refractivity contribution in [2.24, 2.45) is 17.0 Å². The van der Waals surface area contributed by atoms with Gasteiger partial charge in [-0.05, 0) is 169 Å². The van der Waals surface area contributed by atoms with E-state index in [4.69, 9.17) is 14.5 Å². The molecule has 2 fully saturated rings. The van der Waals surface area contributed by atoms with Crippen LogP contribution in [0.3, 0.4) is 0 Å². The fraction of sp³-hybridized carbons (Fsp3) is 0.537. The quantitative estimate of drug-likeness (QED) is 0.0211. The van der Waals surface area contributed by atoms with E-state index < -0.39 is 0 Å². The number of unbranched alkanes of at least 4 members (excludes halogenated alkanes) is 4. The number of aromatic nitrogens is 1. The predicted molar refractivity (Wildman–Crippen MR) is 322 cm³/mol. The zero-order valence-corrected chi connectivity index (χ0v) is 49.9. The van der Waals surface area contributed by atoms with Gasteiger partial charge in [-0.3, -0.25) is 9.59 Å². The van der Waals surface area contributed by atoms with Gasteiger partial charge in [0.15, 0.2) is 5.76 Å². The van der Waals surface area contributed by atoms with Crippen LogP contribution in [0.25, 0.3) is 11.3 Å². The lowest BCUT2D eigenvalue weighted by atomic mass is 9.99. The molecule has 4 aromatic carbocycles. The smallest absolute Gasteiger partial charge is 0.337 e. The van der Waals surface area contributed by atoms with Crippen molar-refractivity contribution in [3.63, 3.8) is 0 Å². The number of carbonyl (C=O) groups excluding carboxylic acids is 3. The molecule has 12 heteroatoms. The standard InChI is InChI=1S/C33H45N3O2.C31H44N2O3.C3H7NO/c1-5-6-7-8-27-9-15-30(16-10-27)33(37)36(31-18-21-35(22-19-31)20-17-25(2)3)24-28-11-13-29(14-12-28)32-23-26(4)34-38-32;1-5-6-7-8-25-9-13-27(14-10-25)30(34)33(23-26-11-15-28(16-12-26)31(35)36-4)29-18-21-32(22-19-29)20-17-24(2)3;1-3(2)4-5/h9-16,23,25,31H,5-8,17-22,24H2,1-4H3;9-16,24,29H,5-8,17-23H2,1-4H3;5H,1-2H3. The highest BCUT2D eigenvalue weighted by molar-refractivity contribution is 5.95. The molecule has 3 heterocycles. The topological polar surface area (TPSA) is 132 Å². The summed E-state index contributed by atoms with van der Waals surface area (Å²) in [6, 6.07) is 34.8. The van der Waals surface area contributed by atoms with Gasteiger partial charge in [0.1, 0.15) is 0 Å². The van der Waals surface area contributed by atoms with E-state index in [1.165, 1.54) is 69.6 Å². The van der Waals surface area contributed by atoms with Crippen LogP contribution in [-0.4, -0.2) is 112 Å². The second kappa shape index (κ2) is 34.1. The van der Waals surface area contributed by atoms with Crippen LogP contribution in [0, 0.1) is 18.8 Å². The maximum absolute atomic E-state index is 13.9. The summed E-state index contributed by atoms with van der Waals surface area (Å²) < 4.78 is 10.3. The Morgan fingerprint density at radius 2 is 1.00 bits per heavy atom. The molecular weight excluding hydrogens is 985 g/mol. The Hall–Kier alpha value is -6.11. The third-order valence-electron chi connectivity index (χ3n) is 15.2. The molecule has 0 unspecified atom stereocenters. The fourth-order valence-corrected chi connectivity index (χ4v) is 10.2. The molecular formula is C67H96N6O6. The van der Waals surface area contributed by atoms with E-state index in [1.807, 2.05) is 49.4 Å². The molecule has 2 saturated heterocycles. The lowest BCUT2D eigenvalue weighted by Gasteiger charge is -2.39. The molecule has 12 nitrogen and oxygen atoms in total. The normalized spacial score (nSPS) is 14.2. The lowest BCUT2D eigenvalue weighted by Crippen LogP contribution is -2.47. The molecule has 1 aromatic heterocycles. The zero-order chi connectivity index (χ0) is 57.1. The van der Waals surface area contributed by atoms with Crippen molar-refractivity contribution in [1.82, 2.24) is 24.8 Å². The highest BCUT2D eigenvalue weighted by Gasteiger charge is 2.31. The van der Waals surface area contributed by atoms with Gasteiger partial charge in [0.2, 0.25) is 0 Å². The number of methoxy groups -OCH3 is 1. The summed E-state index contributed by atoms with van der Waals surface area (Å²) >= 11 is 0. The van der Waals surface area contributed by atoms with Gasteiger partial charge in [0.25, 0.3) is 11.8 Å². The summed E-state index contributed by atoms with van der Waals surface area (Å²) in [5.74, 6) is 2.09. The van der Waals surface area contributed by atoms with Crippen molar-refractivity contribution in [3.8, 4) is 11.3 Å². The summed E-state index contributed by atoms with van der Waals surface area (Å²) in [6.45, 7) is 26.5. The number of hydrogen-bond acceptors (Lipinski definition) is 10. The van der Waals surface area contributed by atoms with Crippen molar-refractivity contribution in [2.45, 2.75) is 177 Å². The monoisotopic (exact) mass is 1080 g/mol. The highest BCUT2D eigenvalue weighted by atomic mass is 16.5. The molecule has 7 rings (SSSR count). The maximum atomic E-state index is 13.9. The van der Waals surface area contributed by atoms with E-state index in [2.05, 4.69) is 120 Å². The van der Waals surface area contributed by atoms with Crippen LogP contribution in [0.1, 0.15) is 191 Å². The third-order valence-corrected chi connectivity index (χ3v) is 15.2. The number of esters is 1. The Bertz CT molecular complexity index is 2550. The lowest BCUT2D eigenvalue weighted by molar-refractivity contribution is 0.0539. The summed E-state index contributed by atoms with van der Waals surface area (Å²) in [7, 11) is 1.39. The van der Waals surface area contributed by atoms with Crippen molar-refractivity contribution < 1.29 is 28.9 Å². The van der Waals surface area contributed by atoms with Crippen LogP contribution in [0.15, 0.2) is 113 Å². The first kappa shape index (κ1) is 63.7. The second-order valence-electron chi connectivity index (χ2n) is 23.0. The Morgan fingerprint density at radius 3 is 1.34 bits per heavy atom. The number of piperidine rings is 2. The molecule has 0 radical (unpaired) electrons. The van der Waals surface area contributed by atoms with E-state index in [0.29, 0.717) is 30.3 Å². The summed E-state index contributed by atoms with van der Waals surface area (Å²) in [5, 5.41) is 14.5. The molecule has 1 N–H and O–H groups in total. The second-order valence-corrected chi connectivity index (χ2v) is 23.0. The van der Waals surface area contributed by atoms with Gasteiger partial charge in [-0.15, -0.1) is 0 Å². The van der Waals surface area contributed by atoms with Gasteiger partial charge in [-0.1, -0.05) is 138 Å². The van der Waals surface area contributed by atoms with E-state index in [0.717, 1.165) is 123 Å². The number of benzene rings is 4. The van der Waals surface area contributed by atoms with Crippen LogP contribution in [0.5, 0.6) is 0 Å². The Labute approximate surface area is 475 Å². The number of nitrogens with zero attached hydrogens (tertiary/aromatic N) is 6. The zero-order valence-electron chi connectivity index (χ0n) is 49.9. The summed E-state index contributed by atoms with van der Waals surface area (Å²) in [6.07, 6.45) is 15.9. The number of ether oxygens (including phenoxy) is 1. The molecule has 2 aliphatic heterocycles. The molecule has 430 valence electrons. The van der Waals surface area contributed by atoms with Crippen molar-refractivity contribution in [2.75, 3.05) is 46.4 Å². The fourth-order valence-electron chi connectivity index (χ4n) is 10.2. The van der Waals surface area contributed by atoms with Crippen LogP contribution in [0.2, 0.25) is 0 Å². The minimum Gasteiger partial charge on any atom is -0.465 e. The van der Waals surface area contributed by atoms with Gasteiger partial charge in [-0.25, -0.2) is 4.79 Å². The molecule has 2 aliphatic rings. The summed E-state index contributed by atoms with van der Waals surface area (Å²) in [4.78, 5) is 48.8. The number of carbonyl (C=O) groups is 3. The predicted octanol–water partition coefficient (Wildman–Crippen LogP) is 14.8. The van der Waals surface area contributed by atoms with E-state index in [9.17, 15) is 14.4 Å². The van der Waals surface area contributed by atoms with E-state index in [1.54, 1.807) is 26.0 Å². The number of rotatable bonds is 24. The van der Waals surface area contributed by atoms with Gasteiger partial charge in [0, 0.05) is 74.1 Å². The van der Waals surface area contributed by atoms with Crippen LogP contribution in [-0.2, 0) is 30.7 Å². The van der Waals surface area contributed by atoms with Crippen LogP contribution < -0.4 is 0 Å². The molecule has 0 bridgehead atoms. The highest BCUT2D eigenvalue weighted by Crippen LogP contribution is 2.27. The number of hydrogen-bond donors (Lipinski definition) is 1. The number of aryl methyl sites for hydroxylation is 3. The SMILES string of the molecule is CC(C)=NO.CCCCCc1ccc(C(=O)N(Cc2ccc(-c3cc(C)no3)cc2)C2CCN(CCC(C)C)CC2)cc1.CCCCCc1ccc(C(=O)N(Cc2ccc(C(=O)OC)cc2)C2CCN(CCC(C)C)CC2)cc1. The molecule has 0 atom stereocenters. The van der Waals surface area contributed by atoms with Gasteiger partial charge >= 0.3 is 5.97 Å². The van der Waals surface area contributed by atoms with E-state index in [-0.39, 0.29) is 29.9 Å². The third kappa shape index (κ3) is 21.8. The largest absolute Gasteiger partial charge is 0.465 e. The number of oxime groups is 1. The van der Waals surface area contributed by atoms with E-state index >= 15 is 0 Å². The van der Waals surface area contributed by atoms with Crippen LogP contribution >= 0.6 is 0 Å². The first-order valence-corrected chi connectivity index (χ1v) is 29.7. The van der Waals surface area contributed by atoms with Crippen LogP contribution in [0.4, 0.5) is 0 Å². The summed E-state index contributed by atoms with van der Waals surface area (Å²) in [5.41, 5.74) is 9.40. The first-order valence-electron chi connectivity index (χ1n) is 29.7. The average Bonchev–Trinajstić information content (AvgIpc) is 3.92. The van der Waals surface area contributed by atoms with Gasteiger partial charge < -0.3 is 34.1 Å².